The molecule has 0 radical (unpaired) electrons. The second-order valence-corrected chi connectivity index (χ2v) is 8.36. The summed E-state index contributed by atoms with van der Waals surface area (Å²) in [7, 11) is 0. The molecule has 0 saturated heterocycles. The van der Waals surface area contributed by atoms with Gasteiger partial charge in [0, 0.05) is 25.2 Å². The van der Waals surface area contributed by atoms with E-state index in [4.69, 9.17) is 10.5 Å². The molecule has 0 aromatic heterocycles. The van der Waals surface area contributed by atoms with Gasteiger partial charge >= 0.3 is 5.97 Å². The zero-order valence-electron chi connectivity index (χ0n) is 19.2. The first-order chi connectivity index (χ1) is 16.7. The van der Waals surface area contributed by atoms with Crippen LogP contribution in [0.4, 0.5) is 5.69 Å². The number of rotatable bonds is 10. The third kappa shape index (κ3) is 6.56. The number of benzene rings is 4. The maximum absolute atomic E-state index is 12.6. The summed E-state index contributed by atoms with van der Waals surface area (Å²) in [5, 5.41) is 0. The topological polar surface area (TPSA) is 55.6 Å². The molecule has 1 atom stereocenters. The molecule has 0 spiro atoms. The highest BCUT2D eigenvalue weighted by molar-refractivity contribution is 5.76. The van der Waals surface area contributed by atoms with E-state index in [1.807, 2.05) is 60.7 Å². The van der Waals surface area contributed by atoms with Gasteiger partial charge in [0.25, 0.3) is 0 Å². The Hall–Kier alpha value is -3.89. The number of ether oxygens (including phenoxy) is 1. The molecule has 0 bridgehead atoms. The minimum atomic E-state index is -0.736. The Kier molecular flexibility index (Phi) is 8.09. The number of hydrogen-bond donors (Lipinski definition) is 1. The molecule has 0 aliphatic carbocycles. The molecule has 4 aromatic rings. The zero-order chi connectivity index (χ0) is 23.6. The van der Waals surface area contributed by atoms with Crippen molar-refractivity contribution in [3.8, 4) is 0 Å². The van der Waals surface area contributed by atoms with Gasteiger partial charge in [-0.25, -0.2) is 0 Å². The van der Waals surface area contributed by atoms with Gasteiger partial charge in [0.05, 0.1) is 0 Å². The van der Waals surface area contributed by atoms with Crippen molar-refractivity contribution in [2.75, 3.05) is 4.90 Å². The van der Waals surface area contributed by atoms with E-state index in [-0.39, 0.29) is 6.61 Å². The fourth-order valence-corrected chi connectivity index (χ4v) is 3.98. The van der Waals surface area contributed by atoms with Crippen LogP contribution in [0.15, 0.2) is 115 Å². The summed E-state index contributed by atoms with van der Waals surface area (Å²) in [6, 6.07) is 37.9. The predicted octanol–water partition coefficient (Wildman–Crippen LogP) is 5.51. The Morgan fingerprint density at radius 1 is 0.676 bits per heavy atom. The minimum absolute atomic E-state index is 0.225. The average Bonchev–Trinajstić information content (AvgIpc) is 2.89. The van der Waals surface area contributed by atoms with E-state index in [2.05, 4.69) is 59.5 Å². The number of esters is 1. The highest BCUT2D eigenvalue weighted by Crippen LogP contribution is 2.26. The first-order valence-corrected chi connectivity index (χ1v) is 11.6. The van der Waals surface area contributed by atoms with Gasteiger partial charge in [-0.2, -0.15) is 0 Å². The summed E-state index contributed by atoms with van der Waals surface area (Å²) in [6.07, 6.45) is 0.407. The molecular formula is C30H30N2O2. The molecule has 0 saturated carbocycles. The summed E-state index contributed by atoms with van der Waals surface area (Å²) >= 11 is 0. The molecule has 4 heteroatoms. The molecule has 1 unspecified atom stereocenters. The second-order valence-electron chi connectivity index (χ2n) is 8.36. The van der Waals surface area contributed by atoms with E-state index >= 15 is 0 Å². The van der Waals surface area contributed by atoms with Gasteiger partial charge in [-0.3, -0.25) is 4.79 Å². The number of anilines is 1. The van der Waals surface area contributed by atoms with Crippen molar-refractivity contribution in [3.05, 3.63) is 138 Å². The molecule has 172 valence electrons. The summed E-state index contributed by atoms with van der Waals surface area (Å²) in [4.78, 5) is 15.0. The van der Waals surface area contributed by atoms with Crippen LogP contribution in [0.25, 0.3) is 0 Å². The number of carbonyl (C=O) groups is 1. The standard InChI is InChI=1S/C30H30N2O2/c31-28(30(33)34-23-26-16-8-3-9-17-26)20-27-18-10-11-19-29(27)32(21-24-12-4-1-5-13-24)22-25-14-6-2-7-15-25/h1-19,28H,20-23,31H2. The van der Waals surface area contributed by atoms with Gasteiger partial charge in [-0.1, -0.05) is 109 Å². The maximum Gasteiger partial charge on any atom is 0.323 e. The molecule has 4 aromatic carbocycles. The number of para-hydroxylation sites is 1. The van der Waals surface area contributed by atoms with Crippen LogP contribution in [0.3, 0.4) is 0 Å². The molecule has 2 N–H and O–H groups in total. The van der Waals surface area contributed by atoms with E-state index in [1.165, 1.54) is 11.1 Å². The quantitative estimate of drug-likeness (QED) is 0.324. The van der Waals surface area contributed by atoms with Gasteiger partial charge in [0.15, 0.2) is 0 Å². The molecule has 0 aliphatic heterocycles. The van der Waals surface area contributed by atoms with Gasteiger partial charge in [0.2, 0.25) is 0 Å². The molecule has 4 nitrogen and oxygen atoms in total. The summed E-state index contributed by atoms with van der Waals surface area (Å²) in [5.74, 6) is -0.392. The summed E-state index contributed by atoms with van der Waals surface area (Å²) in [6.45, 7) is 1.73. The van der Waals surface area contributed by atoms with Crippen LogP contribution in [-0.2, 0) is 35.6 Å². The number of hydrogen-bond acceptors (Lipinski definition) is 4. The van der Waals surface area contributed by atoms with Crippen LogP contribution < -0.4 is 10.6 Å². The predicted molar refractivity (Wildman–Crippen MR) is 137 cm³/mol. The Labute approximate surface area is 201 Å². The van der Waals surface area contributed by atoms with Crippen molar-refractivity contribution >= 4 is 11.7 Å². The fourth-order valence-electron chi connectivity index (χ4n) is 3.98. The Morgan fingerprint density at radius 2 is 1.15 bits per heavy atom. The monoisotopic (exact) mass is 450 g/mol. The third-order valence-corrected chi connectivity index (χ3v) is 5.73. The lowest BCUT2D eigenvalue weighted by Gasteiger charge is -2.28. The van der Waals surface area contributed by atoms with Crippen molar-refractivity contribution in [1.29, 1.82) is 0 Å². The lowest BCUT2D eigenvalue weighted by atomic mass is 10.0. The van der Waals surface area contributed by atoms with Crippen molar-refractivity contribution in [1.82, 2.24) is 0 Å². The third-order valence-electron chi connectivity index (χ3n) is 5.73. The van der Waals surface area contributed by atoms with Crippen molar-refractivity contribution < 1.29 is 9.53 Å². The minimum Gasteiger partial charge on any atom is -0.460 e. The van der Waals surface area contributed by atoms with E-state index < -0.39 is 12.0 Å². The molecule has 0 amide bonds. The number of nitrogens with zero attached hydrogens (tertiary/aromatic N) is 1. The van der Waals surface area contributed by atoms with Crippen molar-refractivity contribution in [2.24, 2.45) is 5.73 Å². The lowest BCUT2D eigenvalue weighted by Crippen LogP contribution is -2.35. The summed E-state index contributed by atoms with van der Waals surface area (Å²) in [5.41, 5.74) is 11.8. The Balaban J connectivity index is 1.51. The van der Waals surface area contributed by atoms with E-state index in [0.717, 1.165) is 29.9 Å². The largest absolute Gasteiger partial charge is 0.460 e. The highest BCUT2D eigenvalue weighted by atomic mass is 16.5. The normalized spacial score (nSPS) is 11.6. The van der Waals surface area contributed by atoms with Crippen molar-refractivity contribution in [2.45, 2.75) is 32.2 Å². The molecule has 4 rings (SSSR count). The van der Waals surface area contributed by atoms with E-state index in [9.17, 15) is 4.79 Å². The molecule has 0 heterocycles. The van der Waals surface area contributed by atoms with Gasteiger partial charge in [-0.05, 0) is 28.3 Å². The van der Waals surface area contributed by atoms with Gasteiger partial charge in [-0.15, -0.1) is 0 Å². The first-order valence-electron chi connectivity index (χ1n) is 11.6. The summed E-state index contributed by atoms with van der Waals surface area (Å²) < 4.78 is 5.48. The van der Waals surface area contributed by atoms with Crippen LogP contribution in [0, 0.1) is 0 Å². The van der Waals surface area contributed by atoms with E-state index in [0.29, 0.717) is 6.42 Å². The van der Waals surface area contributed by atoms with Crippen LogP contribution in [0.2, 0.25) is 0 Å². The zero-order valence-corrected chi connectivity index (χ0v) is 19.2. The van der Waals surface area contributed by atoms with Crippen molar-refractivity contribution in [3.63, 3.8) is 0 Å². The SMILES string of the molecule is NC(Cc1ccccc1N(Cc1ccccc1)Cc1ccccc1)C(=O)OCc1ccccc1. The second kappa shape index (κ2) is 11.8. The highest BCUT2D eigenvalue weighted by Gasteiger charge is 2.20. The first kappa shape index (κ1) is 23.3. The Bertz CT molecular complexity index is 1120. The average molecular weight is 451 g/mol. The molecule has 0 aliphatic rings. The maximum atomic E-state index is 12.6. The van der Waals surface area contributed by atoms with Crippen LogP contribution in [0.1, 0.15) is 22.3 Å². The van der Waals surface area contributed by atoms with Gasteiger partial charge in [0.1, 0.15) is 12.6 Å². The van der Waals surface area contributed by atoms with E-state index in [1.54, 1.807) is 0 Å². The molecule has 0 fully saturated rings. The fraction of sp³-hybridized carbons (Fsp3) is 0.167. The van der Waals surface area contributed by atoms with Crippen LogP contribution >= 0.6 is 0 Å². The van der Waals surface area contributed by atoms with Crippen LogP contribution in [-0.4, -0.2) is 12.0 Å². The number of carbonyl (C=O) groups excluding carboxylic acids is 1. The number of nitrogens with two attached hydrogens (primary N) is 1. The molecular weight excluding hydrogens is 420 g/mol. The van der Waals surface area contributed by atoms with Gasteiger partial charge < -0.3 is 15.4 Å². The Morgan fingerprint density at radius 3 is 1.71 bits per heavy atom. The van der Waals surface area contributed by atoms with Crippen LogP contribution in [0.5, 0.6) is 0 Å². The molecule has 34 heavy (non-hydrogen) atoms. The lowest BCUT2D eigenvalue weighted by molar-refractivity contribution is -0.146. The smallest absolute Gasteiger partial charge is 0.323 e.